The van der Waals surface area contributed by atoms with Crippen LogP contribution in [0.25, 0.3) is 6.08 Å². The second-order valence-electron chi connectivity index (χ2n) is 5.56. The first-order valence-corrected chi connectivity index (χ1v) is 8.00. The number of hydrogen-bond acceptors (Lipinski definition) is 5. The van der Waals surface area contributed by atoms with Gasteiger partial charge in [0.15, 0.2) is 5.57 Å². The summed E-state index contributed by atoms with van der Waals surface area (Å²) in [7, 11) is 0. The number of hydrogen-bond donors (Lipinski definition) is 1. The first kappa shape index (κ1) is 17.9. The third-order valence-corrected chi connectivity index (χ3v) is 3.83. The highest BCUT2D eigenvalue weighted by Gasteiger charge is 2.28. The first-order chi connectivity index (χ1) is 12.1. The monoisotopic (exact) mass is 330 g/mol. The maximum Gasteiger partial charge on any atom is 0.153 e. The molecule has 2 rings (SSSR count). The van der Waals surface area contributed by atoms with Crippen molar-refractivity contribution in [1.82, 2.24) is 0 Å². The van der Waals surface area contributed by atoms with Crippen LogP contribution >= 0.6 is 0 Å². The van der Waals surface area contributed by atoms with Crippen molar-refractivity contribution in [2.75, 3.05) is 6.61 Å². The minimum atomic E-state index is -0.232. The third-order valence-electron chi connectivity index (χ3n) is 3.83. The Morgan fingerprint density at radius 1 is 1.16 bits per heavy atom. The molecule has 1 aliphatic carbocycles. The van der Waals surface area contributed by atoms with Crippen LogP contribution in [0.5, 0.6) is 5.75 Å². The molecule has 0 bridgehead atoms. The van der Waals surface area contributed by atoms with Crippen LogP contribution in [0, 0.1) is 39.9 Å². The van der Waals surface area contributed by atoms with Gasteiger partial charge in [-0.1, -0.05) is 24.3 Å². The molecule has 25 heavy (non-hydrogen) atoms. The van der Waals surface area contributed by atoms with Gasteiger partial charge >= 0.3 is 0 Å². The van der Waals surface area contributed by atoms with E-state index in [1.807, 2.05) is 43.3 Å². The van der Waals surface area contributed by atoms with Gasteiger partial charge in [-0.15, -0.1) is 0 Å². The van der Waals surface area contributed by atoms with Crippen LogP contribution in [-0.4, -0.2) is 6.61 Å². The summed E-state index contributed by atoms with van der Waals surface area (Å²) in [4.78, 5) is 0. The van der Waals surface area contributed by atoms with E-state index in [1.165, 1.54) is 0 Å². The molecule has 1 aromatic carbocycles. The quantitative estimate of drug-likeness (QED) is 0.633. The van der Waals surface area contributed by atoms with Gasteiger partial charge in [0.25, 0.3) is 0 Å². The van der Waals surface area contributed by atoms with Gasteiger partial charge in [0, 0.05) is 0 Å². The van der Waals surface area contributed by atoms with Gasteiger partial charge in [0.2, 0.25) is 0 Å². The lowest BCUT2D eigenvalue weighted by molar-refractivity contribution is 0.340. The average Bonchev–Trinajstić information content (AvgIpc) is 3.46. The fourth-order valence-corrected chi connectivity index (χ4v) is 2.40. The predicted molar refractivity (Wildman–Crippen MR) is 94.4 cm³/mol. The van der Waals surface area contributed by atoms with E-state index in [0.717, 1.165) is 29.7 Å². The van der Waals surface area contributed by atoms with Crippen molar-refractivity contribution in [2.24, 2.45) is 11.7 Å². The molecule has 1 aliphatic rings. The van der Waals surface area contributed by atoms with Gasteiger partial charge in [0.05, 0.1) is 17.9 Å². The van der Waals surface area contributed by atoms with Crippen molar-refractivity contribution in [3.8, 4) is 24.0 Å². The SMILES string of the molecule is CCOc1ccc(/C=C/C(=C(\C#N)C(N)=C(C#N)C#N)C2CC2)cc1. The molecule has 0 atom stereocenters. The minimum Gasteiger partial charge on any atom is -0.494 e. The molecule has 1 aromatic rings. The average molecular weight is 330 g/mol. The van der Waals surface area contributed by atoms with Crippen molar-refractivity contribution in [2.45, 2.75) is 19.8 Å². The molecule has 5 heteroatoms. The molecule has 0 aliphatic heterocycles. The van der Waals surface area contributed by atoms with Gasteiger partial charge in [-0.3, -0.25) is 0 Å². The van der Waals surface area contributed by atoms with Gasteiger partial charge in [-0.2, -0.15) is 15.8 Å². The summed E-state index contributed by atoms with van der Waals surface area (Å²) in [6.45, 7) is 2.54. The molecular weight excluding hydrogens is 312 g/mol. The zero-order valence-corrected chi connectivity index (χ0v) is 14.0. The van der Waals surface area contributed by atoms with Gasteiger partial charge < -0.3 is 10.5 Å². The number of benzene rings is 1. The number of nitriles is 3. The second-order valence-corrected chi connectivity index (χ2v) is 5.56. The van der Waals surface area contributed by atoms with Gasteiger partial charge in [-0.25, -0.2) is 0 Å². The number of nitrogens with two attached hydrogens (primary N) is 1. The molecular formula is C20H18N4O. The zero-order chi connectivity index (χ0) is 18.2. The van der Waals surface area contributed by atoms with Gasteiger partial charge in [-0.05, 0) is 49.0 Å². The summed E-state index contributed by atoms with van der Waals surface area (Å²) >= 11 is 0. The maximum absolute atomic E-state index is 9.48. The summed E-state index contributed by atoms with van der Waals surface area (Å²) in [5.74, 6) is 1.04. The molecule has 124 valence electrons. The smallest absolute Gasteiger partial charge is 0.153 e. The highest BCUT2D eigenvalue weighted by Crippen LogP contribution is 2.40. The van der Waals surface area contributed by atoms with E-state index >= 15 is 0 Å². The van der Waals surface area contributed by atoms with E-state index in [-0.39, 0.29) is 22.8 Å². The molecule has 0 heterocycles. The Morgan fingerprint density at radius 2 is 1.80 bits per heavy atom. The Balaban J connectivity index is 2.38. The van der Waals surface area contributed by atoms with E-state index in [1.54, 1.807) is 12.1 Å². The predicted octanol–water partition coefficient (Wildman–Crippen LogP) is 3.59. The highest BCUT2D eigenvalue weighted by atomic mass is 16.5. The zero-order valence-electron chi connectivity index (χ0n) is 14.0. The van der Waals surface area contributed by atoms with Crippen LogP contribution in [0.3, 0.4) is 0 Å². The number of ether oxygens (including phenoxy) is 1. The third kappa shape index (κ3) is 4.50. The lowest BCUT2D eigenvalue weighted by Crippen LogP contribution is -2.06. The van der Waals surface area contributed by atoms with Crippen LogP contribution in [0.1, 0.15) is 25.3 Å². The number of rotatable bonds is 6. The fourth-order valence-electron chi connectivity index (χ4n) is 2.40. The Labute approximate surface area is 147 Å². The molecule has 1 fully saturated rings. The molecule has 0 unspecified atom stereocenters. The Hall–Kier alpha value is -3.49. The lowest BCUT2D eigenvalue weighted by Gasteiger charge is -2.06. The lowest BCUT2D eigenvalue weighted by atomic mass is 9.98. The normalized spacial score (nSPS) is 14.0. The largest absolute Gasteiger partial charge is 0.494 e. The van der Waals surface area contributed by atoms with Crippen LogP contribution in [0.15, 0.2) is 52.8 Å². The van der Waals surface area contributed by atoms with Crippen LogP contribution < -0.4 is 10.5 Å². The van der Waals surface area contributed by atoms with Crippen molar-refractivity contribution in [1.29, 1.82) is 15.8 Å². The summed E-state index contributed by atoms with van der Waals surface area (Å²) < 4.78 is 5.41. The van der Waals surface area contributed by atoms with Crippen LogP contribution in [0.2, 0.25) is 0 Å². The minimum absolute atomic E-state index is 0.0502. The van der Waals surface area contributed by atoms with E-state index in [0.29, 0.717) is 6.61 Å². The summed E-state index contributed by atoms with van der Waals surface area (Å²) in [6, 6.07) is 13.2. The Morgan fingerprint density at radius 3 is 2.28 bits per heavy atom. The standard InChI is InChI=1S/C20H18N4O/c1-2-25-17-8-3-14(4-9-17)5-10-18(15-6-7-15)19(13-23)20(24)16(11-21)12-22/h3-5,8-10,15H,2,6-7,24H2,1H3/b10-5+,19-18-. The molecule has 0 saturated heterocycles. The number of allylic oxidation sites excluding steroid dienone is 4. The fraction of sp³-hybridized carbons (Fsp3) is 0.250. The summed E-state index contributed by atoms with van der Waals surface area (Å²) in [6.07, 6.45) is 5.68. The van der Waals surface area contributed by atoms with Crippen LogP contribution in [0.4, 0.5) is 0 Å². The van der Waals surface area contributed by atoms with Crippen molar-refractivity contribution in [3.05, 3.63) is 58.3 Å². The van der Waals surface area contributed by atoms with Crippen molar-refractivity contribution < 1.29 is 4.74 Å². The summed E-state index contributed by atoms with van der Waals surface area (Å²) in [5, 5.41) is 27.4. The maximum atomic E-state index is 9.48. The van der Waals surface area contributed by atoms with Crippen molar-refractivity contribution >= 4 is 6.08 Å². The molecule has 0 amide bonds. The Bertz CT molecular complexity index is 835. The second kappa shape index (κ2) is 8.39. The molecule has 2 N–H and O–H groups in total. The molecule has 0 spiro atoms. The van der Waals surface area contributed by atoms with E-state index < -0.39 is 0 Å². The van der Waals surface area contributed by atoms with E-state index in [2.05, 4.69) is 6.07 Å². The number of nitrogens with zero attached hydrogens (tertiary/aromatic N) is 3. The molecule has 0 aromatic heterocycles. The summed E-state index contributed by atoms with van der Waals surface area (Å²) in [5.41, 5.74) is 7.55. The van der Waals surface area contributed by atoms with Crippen molar-refractivity contribution in [3.63, 3.8) is 0 Å². The molecule has 1 saturated carbocycles. The topological polar surface area (TPSA) is 107 Å². The van der Waals surface area contributed by atoms with Gasteiger partial charge in [0.1, 0.15) is 24.0 Å². The van der Waals surface area contributed by atoms with E-state index in [4.69, 9.17) is 21.0 Å². The van der Waals surface area contributed by atoms with E-state index in [9.17, 15) is 5.26 Å². The Kier molecular flexibility index (Phi) is 5.99. The first-order valence-electron chi connectivity index (χ1n) is 8.00. The highest BCUT2D eigenvalue weighted by molar-refractivity contribution is 5.61. The molecule has 5 nitrogen and oxygen atoms in total. The molecule has 0 radical (unpaired) electrons. The van der Waals surface area contributed by atoms with Crippen LogP contribution in [-0.2, 0) is 0 Å².